The summed E-state index contributed by atoms with van der Waals surface area (Å²) in [6.45, 7) is 7.85. The van der Waals surface area contributed by atoms with Crippen LogP contribution in [0.5, 0.6) is 0 Å². The van der Waals surface area contributed by atoms with Gasteiger partial charge in [0.1, 0.15) is 17.9 Å². The minimum Gasteiger partial charge on any atom is -0.446 e. The van der Waals surface area contributed by atoms with Crippen LogP contribution >= 0.6 is 0 Å². The number of aromatic nitrogens is 5. The molecule has 4 heterocycles. The molecule has 2 aromatic carbocycles. The van der Waals surface area contributed by atoms with Gasteiger partial charge in [-0.3, -0.25) is 10.00 Å². The Balaban J connectivity index is 1.20. The molecule has 1 aliphatic heterocycles. The summed E-state index contributed by atoms with van der Waals surface area (Å²) in [7, 11) is 0. The van der Waals surface area contributed by atoms with Crippen LogP contribution in [0.3, 0.4) is 0 Å². The fourth-order valence-electron chi connectivity index (χ4n) is 5.45. The van der Waals surface area contributed by atoms with Gasteiger partial charge in [-0.2, -0.15) is 10.2 Å². The van der Waals surface area contributed by atoms with E-state index < -0.39 is 6.09 Å². The quantitative estimate of drug-likeness (QED) is 0.270. The van der Waals surface area contributed by atoms with Crippen molar-refractivity contribution in [1.29, 1.82) is 0 Å². The van der Waals surface area contributed by atoms with Gasteiger partial charge in [0.15, 0.2) is 5.82 Å². The predicted molar refractivity (Wildman–Crippen MR) is 156 cm³/mol. The lowest BCUT2D eigenvalue weighted by Crippen LogP contribution is -2.38. The van der Waals surface area contributed by atoms with Crippen LogP contribution in [-0.4, -0.2) is 61.1 Å². The van der Waals surface area contributed by atoms with Crippen molar-refractivity contribution in [2.45, 2.75) is 45.8 Å². The summed E-state index contributed by atoms with van der Waals surface area (Å²) in [5.41, 5.74) is 5.59. The van der Waals surface area contributed by atoms with Crippen LogP contribution in [0.2, 0.25) is 0 Å². The van der Waals surface area contributed by atoms with Gasteiger partial charge in [0.2, 0.25) is 0 Å². The summed E-state index contributed by atoms with van der Waals surface area (Å²) < 4.78 is 9.50. The highest BCUT2D eigenvalue weighted by Gasteiger charge is 2.23. The fourth-order valence-corrected chi connectivity index (χ4v) is 5.45. The highest BCUT2D eigenvalue weighted by atomic mass is 16.6. The van der Waals surface area contributed by atoms with Crippen molar-refractivity contribution in [3.8, 4) is 0 Å². The molecule has 10 heteroatoms. The van der Waals surface area contributed by atoms with Crippen LogP contribution < -0.4 is 10.6 Å². The summed E-state index contributed by atoms with van der Waals surface area (Å²) >= 11 is 0. The Morgan fingerprint density at radius 2 is 1.90 bits per heavy atom. The van der Waals surface area contributed by atoms with Gasteiger partial charge in [0, 0.05) is 29.7 Å². The number of nitrogens with one attached hydrogen (secondary N) is 2. The highest BCUT2D eigenvalue weighted by Crippen LogP contribution is 2.31. The smallest absolute Gasteiger partial charge is 0.411 e. The molecule has 0 aliphatic carbocycles. The molecular formula is C30H34N8O2. The molecule has 40 heavy (non-hydrogen) atoms. The molecule has 1 fully saturated rings. The number of anilines is 3. The van der Waals surface area contributed by atoms with Crippen molar-refractivity contribution in [3.05, 3.63) is 78.4 Å². The average Bonchev–Trinajstić information content (AvgIpc) is 3.54. The van der Waals surface area contributed by atoms with Gasteiger partial charge in [0.25, 0.3) is 0 Å². The summed E-state index contributed by atoms with van der Waals surface area (Å²) in [6.07, 6.45) is 7.12. The van der Waals surface area contributed by atoms with Crippen molar-refractivity contribution in [1.82, 2.24) is 29.3 Å². The zero-order chi connectivity index (χ0) is 27.5. The number of aryl methyl sites for hydroxylation is 1. The van der Waals surface area contributed by atoms with E-state index in [9.17, 15) is 4.79 Å². The molecule has 5 aromatic rings. The number of nitrogens with zero attached hydrogens (tertiary/aromatic N) is 6. The van der Waals surface area contributed by atoms with E-state index in [1.165, 1.54) is 11.9 Å². The largest absolute Gasteiger partial charge is 0.446 e. The summed E-state index contributed by atoms with van der Waals surface area (Å²) in [4.78, 5) is 19.7. The second kappa shape index (κ2) is 11.4. The molecule has 1 aliphatic rings. The average molecular weight is 539 g/mol. The van der Waals surface area contributed by atoms with Gasteiger partial charge < -0.3 is 15.0 Å². The van der Waals surface area contributed by atoms with Crippen LogP contribution in [0.4, 0.5) is 22.0 Å². The van der Waals surface area contributed by atoms with E-state index in [1.54, 1.807) is 4.52 Å². The lowest BCUT2D eigenvalue weighted by molar-refractivity contribution is 0.0606. The molecule has 0 bridgehead atoms. The summed E-state index contributed by atoms with van der Waals surface area (Å²) in [5, 5.41) is 16.5. The van der Waals surface area contributed by atoms with E-state index >= 15 is 0 Å². The van der Waals surface area contributed by atoms with Gasteiger partial charge >= 0.3 is 6.09 Å². The lowest BCUT2D eigenvalue weighted by atomic mass is 10.1. The lowest BCUT2D eigenvalue weighted by Gasteiger charge is -2.30. The maximum absolute atomic E-state index is 12.8. The molecule has 1 saturated heterocycles. The van der Waals surface area contributed by atoms with E-state index in [0.29, 0.717) is 24.5 Å². The number of amides is 1. The second-order valence-corrected chi connectivity index (χ2v) is 10.1. The first kappa shape index (κ1) is 25.8. The number of piperidine rings is 1. The van der Waals surface area contributed by atoms with Crippen LogP contribution in [0.15, 0.2) is 67.3 Å². The molecule has 0 unspecified atom stereocenters. The highest BCUT2D eigenvalue weighted by molar-refractivity contribution is 5.91. The molecule has 0 radical (unpaired) electrons. The van der Waals surface area contributed by atoms with Gasteiger partial charge in [-0.1, -0.05) is 44.2 Å². The molecule has 6 rings (SSSR count). The Labute approximate surface area is 233 Å². The number of carbonyl (C=O) groups excluding carboxylic acids is 1. The third-order valence-corrected chi connectivity index (χ3v) is 7.60. The van der Waals surface area contributed by atoms with Crippen molar-refractivity contribution in [2.75, 3.05) is 30.3 Å². The minimum absolute atomic E-state index is 0.0612. The molecule has 3 aromatic heterocycles. The predicted octanol–water partition coefficient (Wildman–Crippen LogP) is 5.47. The normalized spacial score (nSPS) is 14.6. The number of benzene rings is 2. The van der Waals surface area contributed by atoms with Gasteiger partial charge in [0.05, 0.1) is 30.1 Å². The number of rotatable bonds is 8. The van der Waals surface area contributed by atoms with E-state index in [4.69, 9.17) is 4.74 Å². The molecule has 206 valence electrons. The molecule has 10 nitrogen and oxygen atoms in total. The van der Waals surface area contributed by atoms with Crippen molar-refractivity contribution in [2.24, 2.45) is 0 Å². The zero-order valence-electron chi connectivity index (χ0n) is 22.9. The van der Waals surface area contributed by atoms with Crippen molar-refractivity contribution in [3.63, 3.8) is 0 Å². The van der Waals surface area contributed by atoms with Crippen LogP contribution in [0, 0.1) is 0 Å². The third kappa shape index (κ3) is 5.35. The maximum Gasteiger partial charge on any atom is 0.411 e. The van der Waals surface area contributed by atoms with E-state index in [0.717, 1.165) is 60.1 Å². The Morgan fingerprint density at radius 1 is 1.07 bits per heavy atom. The SMILES string of the molecule is CCc1c(NC(=O)OC2CCN(CC)CC2)cn2ncnc(Nc3ccc4c(cnn4Cc4ccccc4)c3)c12. The van der Waals surface area contributed by atoms with Crippen molar-refractivity contribution < 1.29 is 9.53 Å². The minimum atomic E-state index is -0.430. The van der Waals surface area contributed by atoms with Crippen molar-refractivity contribution >= 4 is 39.7 Å². The Hall–Kier alpha value is -4.44. The first-order chi connectivity index (χ1) is 19.6. The van der Waals surface area contributed by atoms with Gasteiger partial charge in [-0.25, -0.2) is 14.3 Å². The topological polar surface area (TPSA) is 102 Å². The zero-order valence-corrected chi connectivity index (χ0v) is 22.9. The van der Waals surface area contributed by atoms with Crippen LogP contribution in [0.1, 0.15) is 37.8 Å². The molecule has 0 spiro atoms. The Kier molecular flexibility index (Phi) is 7.33. The van der Waals surface area contributed by atoms with Crippen LogP contribution in [0.25, 0.3) is 16.4 Å². The molecule has 1 amide bonds. The fraction of sp³-hybridized carbons (Fsp3) is 0.333. The third-order valence-electron chi connectivity index (χ3n) is 7.60. The van der Waals surface area contributed by atoms with E-state index in [-0.39, 0.29) is 6.10 Å². The van der Waals surface area contributed by atoms with E-state index in [2.05, 4.69) is 68.8 Å². The number of hydrogen-bond acceptors (Lipinski definition) is 7. The first-order valence-electron chi connectivity index (χ1n) is 13.9. The molecular weight excluding hydrogens is 504 g/mol. The second-order valence-electron chi connectivity index (χ2n) is 10.1. The standard InChI is InChI=1S/C30H34N8O2/c1-3-25-26(35-30(39)40-24-12-14-36(4-2)15-13-24)19-38-28(25)29(31-20-33-38)34-23-10-11-27-22(16-23)17-32-37(27)18-21-8-6-5-7-9-21/h5-11,16-17,19-20,24H,3-4,12-15,18H2,1-2H3,(H,35,39)(H,31,33,34). The Morgan fingerprint density at radius 3 is 2.67 bits per heavy atom. The van der Waals surface area contributed by atoms with Gasteiger partial charge in [-0.05, 0) is 49.6 Å². The van der Waals surface area contributed by atoms with E-state index in [1.807, 2.05) is 41.3 Å². The number of fused-ring (bicyclic) bond motifs is 2. The maximum atomic E-state index is 12.8. The first-order valence-corrected chi connectivity index (χ1v) is 13.9. The monoisotopic (exact) mass is 538 g/mol. The number of hydrogen-bond donors (Lipinski definition) is 2. The Bertz CT molecular complexity index is 1620. The molecule has 2 N–H and O–H groups in total. The van der Waals surface area contributed by atoms with Gasteiger partial charge in [-0.15, -0.1) is 0 Å². The molecule has 0 saturated carbocycles. The van der Waals surface area contributed by atoms with Crippen LogP contribution in [-0.2, 0) is 17.7 Å². The summed E-state index contributed by atoms with van der Waals surface area (Å²) in [5.74, 6) is 0.663. The number of ether oxygens (including phenoxy) is 1. The molecule has 0 atom stereocenters. The summed E-state index contributed by atoms with van der Waals surface area (Å²) in [6, 6.07) is 16.5. The number of likely N-dealkylation sites (tertiary alicyclic amines) is 1. The number of carbonyl (C=O) groups is 1.